The van der Waals surface area contributed by atoms with Gasteiger partial charge in [0, 0.05) is 35.2 Å². The van der Waals surface area contributed by atoms with Gasteiger partial charge in [0.25, 0.3) is 11.6 Å². The number of halogens is 3. The first-order valence-electron chi connectivity index (χ1n) is 13.9. The van der Waals surface area contributed by atoms with Crippen LogP contribution >= 0.6 is 11.3 Å². The Morgan fingerprint density at radius 1 is 1.02 bits per heavy atom. The minimum absolute atomic E-state index is 0.00890. The number of anilines is 2. The number of carbonyl (C=O) groups is 2. The Kier molecular flexibility index (Phi) is 11.3. The van der Waals surface area contributed by atoms with E-state index in [1.807, 2.05) is 0 Å². The molecular weight excluding hydrogens is 627 g/mol. The van der Waals surface area contributed by atoms with Gasteiger partial charge >= 0.3 is 6.09 Å². The summed E-state index contributed by atoms with van der Waals surface area (Å²) < 4.78 is 52.6. The number of pyridine rings is 1. The topological polar surface area (TPSA) is 127 Å². The molecule has 1 N–H and O–H groups in total. The summed E-state index contributed by atoms with van der Waals surface area (Å²) in [5.41, 5.74) is 0.622. The van der Waals surface area contributed by atoms with Crippen LogP contribution < -0.4 is 15.0 Å². The summed E-state index contributed by atoms with van der Waals surface area (Å²) in [5.74, 6) is -2.34. The average Bonchev–Trinajstić information content (AvgIpc) is 3.38. The summed E-state index contributed by atoms with van der Waals surface area (Å²) in [4.78, 5) is 45.6. The first kappa shape index (κ1) is 33.9. The van der Waals surface area contributed by atoms with Gasteiger partial charge in [0.2, 0.25) is 5.88 Å². The molecule has 2 amide bonds. The number of nitro groups is 1. The summed E-state index contributed by atoms with van der Waals surface area (Å²) in [5, 5.41) is 14.1. The van der Waals surface area contributed by atoms with Gasteiger partial charge in [-0.05, 0) is 62.5 Å². The number of non-ortho nitro benzene ring substituents is 1. The lowest BCUT2D eigenvalue weighted by atomic mass is 10.0. The maximum atomic E-state index is 14.9. The smallest absolute Gasteiger partial charge is 0.415 e. The highest BCUT2D eigenvalue weighted by atomic mass is 32.1. The fourth-order valence-corrected chi connectivity index (χ4v) is 5.75. The molecule has 242 valence electrons. The number of ether oxygens (including phenoxy) is 2. The van der Waals surface area contributed by atoms with Crippen molar-refractivity contribution in [2.45, 2.75) is 20.0 Å². The van der Waals surface area contributed by atoms with Crippen LogP contribution in [0.2, 0.25) is 0 Å². The van der Waals surface area contributed by atoms with Gasteiger partial charge < -0.3 is 19.7 Å². The number of hydrogen-bond acceptors (Lipinski definition) is 9. The van der Waals surface area contributed by atoms with E-state index >= 15 is 0 Å². The summed E-state index contributed by atoms with van der Waals surface area (Å²) >= 11 is 0.991. The van der Waals surface area contributed by atoms with Crippen molar-refractivity contribution in [3.8, 4) is 16.3 Å². The number of hydrogen-bond donors (Lipinski definition) is 1. The van der Waals surface area contributed by atoms with Gasteiger partial charge in [-0.25, -0.2) is 22.9 Å². The van der Waals surface area contributed by atoms with Crippen LogP contribution in [-0.2, 0) is 17.8 Å². The molecule has 4 rings (SSSR count). The van der Waals surface area contributed by atoms with Gasteiger partial charge in [-0.1, -0.05) is 6.07 Å². The number of nitro benzene ring substituents is 1. The largest absolute Gasteiger partial charge is 0.475 e. The fourth-order valence-electron chi connectivity index (χ4n) is 4.45. The molecule has 0 aliphatic heterocycles. The Hall–Kier alpha value is -5.02. The van der Waals surface area contributed by atoms with Gasteiger partial charge in [-0.2, -0.15) is 0 Å². The second kappa shape index (κ2) is 15.3. The average molecular weight is 658 g/mol. The highest BCUT2D eigenvalue weighted by molar-refractivity contribution is 7.20. The maximum absolute atomic E-state index is 14.9. The fraction of sp³-hybridized carbons (Fsp3) is 0.258. The molecule has 0 aliphatic carbocycles. The van der Waals surface area contributed by atoms with Crippen LogP contribution in [0.4, 0.5) is 34.3 Å². The number of carbonyl (C=O) groups excluding carboxylic acids is 2. The molecule has 0 spiro atoms. The summed E-state index contributed by atoms with van der Waals surface area (Å²) in [6.07, 6.45) is 0.348. The maximum Gasteiger partial charge on any atom is 0.415 e. The lowest BCUT2D eigenvalue weighted by molar-refractivity contribution is -0.384. The first-order chi connectivity index (χ1) is 22.0. The SMILES string of the molecule is CCOC(=O)N(Cc1c(F)cccc1F)c1sc(-c2ccc([N+](=O)[O-])cc2)c(CN(C)C)c1C(=O)Nc1ccc(OCCF)nc1. The third-order valence-corrected chi connectivity index (χ3v) is 7.77. The van der Waals surface area contributed by atoms with Crippen molar-refractivity contribution in [1.29, 1.82) is 0 Å². The van der Waals surface area contributed by atoms with E-state index in [-0.39, 0.29) is 47.6 Å². The number of thiophene rings is 1. The minimum atomic E-state index is -0.955. The van der Waals surface area contributed by atoms with E-state index in [0.717, 1.165) is 28.4 Å². The van der Waals surface area contributed by atoms with Crippen molar-refractivity contribution < 1.29 is 37.2 Å². The van der Waals surface area contributed by atoms with E-state index in [0.29, 0.717) is 16.0 Å². The molecule has 2 aromatic heterocycles. The Bertz CT molecular complexity index is 1680. The van der Waals surface area contributed by atoms with Gasteiger partial charge in [0.05, 0.1) is 35.5 Å². The molecule has 2 aromatic carbocycles. The molecule has 0 fully saturated rings. The van der Waals surface area contributed by atoms with Crippen molar-refractivity contribution in [2.75, 3.05) is 44.2 Å². The molecule has 0 radical (unpaired) electrons. The highest BCUT2D eigenvalue weighted by Crippen LogP contribution is 2.44. The molecule has 0 unspecified atom stereocenters. The van der Waals surface area contributed by atoms with Crippen molar-refractivity contribution in [1.82, 2.24) is 9.88 Å². The van der Waals surface area contributed by atoms with E-state index in [1.54, 1.807) is 25.9 Å². The lowest BCUT2D eigenvalue weighted by Crippen LogP contribution is -2.33. The van der Waals surface area contributed by atoms with E-state index in [1.165, 1.54) is 48.7 Å². The first-order valence-corrected chi connectivity index (χ1v) is 14.7. The van der Waals surface area contributed by atoms with Crippen molar-refractivity contribution in [3.05, 3.63) is 99.2 Å². The van der Waals surface area contributed by atoms with Crippen molar-refractivity contribution >= 4 is 39.7 Å². The monoisotopic (exact) mass is 657 g/mol. The summed E-state index contributed by atoms with van der Waals surface area (Å²) in [6, 6.07) is 11.9. The van der Waals surface area contributed by atoms with Crippen molar-refractivity contribution in [2.24, 2.45) is 0 Å². The molecule has 4 aromatic rings. The molecule has 15 heteroatoms. The molecule has 0 saturated heterocycles. The molecule has 0 aliphatic rings. The number of aromatic nitrogens is 1. The Labute approximate surface area is 266 Å². The van der Waals surface area contributed by atoms with Crippen LogP contribution in [0.5, 0.6) is 5.88 Å². The lowest BCUT2D eigenvalue weighted by Gasteiger charge is -2.23. The number of nitrogens with one attached hydrogen (secondary N) is 1. The van der Waals surface area contributed by atoms with E-state index in [9.17, 15) is 32.9 Å². The van der Waals surface area contributed by atoms with Gasteiger partial charge in [0.15, 0.2) is 0 Å². The minimum Gasteiger partial charge on any atom is -0.475 e. The molecule has 46 heavy (non-hydrogen) atoms. The van der Waals surface area contributed by atoms with Gasteiger partial charge in [0.1, 0.15) is 29.9 Å². The zero-order valence-corrected chi connectivity index (χ0v) is 25.9. The van der Waals surface area contributed by atoms with Crippen LogP contribution in [0.15, 0.2) is 60.8 Å². The molecule has 0 saturated carbocycles. The Morgan fingerprint density at radius 3 is 2.28 bits per heavy atom. The number of benzene rings is 2. The third kappa shape index (κ3) is 7.97. The normalized spacial score (nSPS) is 10.9. The van der Waals surface area contributed by atoms with Crippen LogP contribution in [0.25, 0.3) is 10.4 Å². The number of alkyl halides is 1. The molecule has 11 nitrogen and oxygen atoms in total. The quantitative estimate of drug-likeness (QED) is 0.123. The number of nitrogens with zero attached hydrogens (tertiary/aromatic N) is 4. The summed E-state index contributed by atoms with van der Waals surface area (Å²) in [7, 11) is 3.52. The molecule has 2 heterocycles. The Morgan fingerprint density at radius 2 is 1.72 bits per heavy atom. The van der Waals surface area contributed by atoms with E-state index in [2.05, 4.69) is 10.3 Å². The third-order valence-electron chi connectivity index (χ3n) is 6.46. The van der Waals surface area contributed by atoms with Crippen LogP contribution in [0.3, 0.4) is 0 Å². The Balaban J connectivity index is 1.91. The summed E-state index contributed by atoms with van der Waals surface area (Å²) in [6.45, 7) is 0.162. The molecule has 0 atom stereocenters. The predicted octanol–water partition coefficient (Wildman–Crippen LogP) is 6.82. The zero-order chi connectivity index (χ0) is 33.4. The van der Waals surface area contributed by atoms with E-state index < -0.39 is 47.3 Å². The predicted molar refractivity (Wildman–Crippen MR) is 167 cm³/mol. The van der Waals surface area contributed by atoms with Crippen LogP contribution in [0.1, 0.15) is 28.4 Å². The van der Waals surface area contributed by atoms with E-state index in [4.69, 9.17) is 9.47 Å². The van der Waals surface area contributed by atoms with Crippen molar-refractivity contribution in [3.63, 3.8) is 0 Å². The van der Waals surface area contributed by atoms with Crippen LogP contribution in [-0.4, -0.2) is 60.8 Å². The standard InChI is InChI=1S/C31H30F3N5O6S/c1-4-44-31(41)38(18-22-24(33)6-5-7-25(22)34)30-27(29(40)36-20-10-13-26(35-16-20)45-15-14-32)23(17-37(2)3)28(46-30)19-8-11-21(12-9-19)39(42)43/h5-13,16H,4,14-15,17-18H2,1-3H3,(H,36,40). The molecule has 0 bridgehead atoms. The number of amides is 2. The zero-order valence-electron chi connectivity index (χ0n) is 25.1. The molecular formula is C31H30F3N5O6S. The number of rotatable bonds is 13. The second-order valence-electron chi connectivity index (χ2n) is 9.99. The van der Waals surface area contributed by atoms with Gasteiger partial charge in [-0.3, -0.25) is 19.8 Å². The highest BCUT2D eigenvalue weighted by Gasteiger charge is 2.33. The second-order valence-corrected chi connectivity index (χ2v) is 11.0. The van der Waals surface area contributed by atoms with Crippen LogP contribution in [0, 0.1) is 21.7 Å². The van der Waals surface area contributed by atoms with Gasteiger partial charge in [-0.15, -0.1) is 11.3 Å².